The van der Waals surface area contributed by atoms with Gasteiger partial charge in [-0.15, -0.1) is 18.3 Å². The van der Waals surface area contributed by atoms with Crippen LogP contribution in [0.5, 0.6) is 5.75 Å². The van der Waals surface area contributed by atoms with Gasteiger partial charge in [0, 0.05) is 16.5 Å². The summed E-state index contributed by atoms with van der Waals surface area (Å²) in [5.41, 5.74) is 1.80. The van der Waals surface area contributed by atoms with Crippen LogP contribution in [-0.4, -0.2) is 17.4 Å². The minimum absolute atomic E-state index is 0.0216. The Morgan fingerprint density at radius 1 is 1.17 bits per heavy atom. The summed E-state index contributed by atoms with van der Waals surface area (Å²) >= 11 is 7.37. The molecule has 0 aromatic heterocycles. The zero-order valence-electron chi connectivity index (χ0n) is 12.6. The fourth-order valence-corrected chi connectivity index (χ4v) is 2.48. The molecule has 0 radical (unpaired) electrons. The molecule has 0 saturated carbocycles. The van der Waals surface area contributed by atoms with E-state index < -0.39 is 0 Å². The molecule has 0 aliphatic heterocycles. The van der Waals surface area contributed by atoms with Gasteiger partial charge in [-0.05, 0) is 42.0 Å². The molecule has 2 aromatic carbocycles. The molecular formula is C18H18ClNO2S. The minimum Gasteiger partial charge on any atom is -0.489 e. The molecule has 0 saturated heterocycles. The molecule has 0 unspecified atom stereocenters. The van der Waals surface area contributed by atoms with Crippen LogP contribution in [-0.2, 0) is 11.4 Å². The Morgan fingerprint density at radius 2 is 1.87 bits per heavy atom. The van der Waals surface area contributed by atoms with Gasteiger partial charge in [-0.2, -0.15) is 0 Å². The number of carbonyl (C=O) groups is 1. The number of benzene rings is 2. The summed E-state index contributed by atoms with van der Waals surface area (Å²) in [7, 11) is 0. The van der Waals surface area contributed by atoms with Gasteiger partial charge in [0.1, 0.15) is 12.4 Å². The quantitative estimate of drug-likeness (QED) is 0.552. The van der Waals surface area contributed by atoms with E-state index >= 15 is 0 Å². The number of hydrogen-bond donors (Lipinski definition) is 1. The van der Waals surface area contributed by atoms with Crippen LogP contribution in [0.1, 0.15) is 5.56 Å². The summed E-state index contributed by atoms with van der Waals surface area (Å²) < 4.78 is 5.70. The normalized spacial score (nSPS) is 10.1. The zero-order chi connectivity index (χ0) is 16.5. The number of halogens is 1. The lowest BCUT2D eigenvalue weighted by molar-refractivity contribution is -0.113. The summed E-state index contributed by atoms with van der Waals surface area (Å²) in [6.07, 6.45) is 1.78. The molecule has 0 spiro atoms. The first-order valence-electron chi connectivity index (χ1n) is 7.13. The monoisotopic (exact) mass is 347 g/mol. The highest BCUT2D eigenvalue weighted by atomic mass is 35.5. The van der Waals surface area contributed by atoms with Crippen molar-refractivity contribution in [2.75, 3.05) is 16.8 Å². The Balaban J connectivity index is 1.80. The molecule has 120 valence electrons. The van der Waals surface area contributed by atoms with Crippen LogP contribution in [0.2, 0.25) is 5.02 Å². The van der Waals surface area contributed by atoms with Crippen LogP contribution < -0.4 is 10.1 Å². The average Bonchev–Trinajstić information content (AvgIpc) is 2.56. The highest BCUT2D eigenvalue weighted by Crippen LogP contribution is 2.18. The van der Waals surface area contributed by atoms with E-state index in [1.807, 2.05) is 48.5 Å². The van der Waals surface area contributed by atoms with Crippen molar-refractivity contribution < 1.29 is 9.53 Å². The second-order valence-corrected chi connectivity index (χ2v) is 6.26. The number of amides is 1. The highest BCUT2D eigenvalue weighted by molar-refractivity contribution is 8.00. The van der Waals surface area contributed by atoms with E-state index in [9.17, 15) is 4.79 Å². The molecule has 0 atom stereocenters. The smallest absolute Gasteiger partial charge is 0.234 e. The van der Waals surface area contributed by atoms with Crippen molar-refractivity contribution in [1.29, 1.82) is 0 Å². The number of thioether (sulfide) groups is 1. The topological polar surface area (TPSA) is 38.3 Å². The predicted molar refractivity (Wildman–Crippen MR) is 98.4 cm³/mol. The molecule has 1 N–H and O–H groups in total. The van der Waals surface area contributed by atoms with Crippen LogP contribution >= 0.6 is 23.4 Å². The van der Waals surface area contributed by atoms with Crippen molar-refractivity contribution in [2.45, 2.75) is 6.61 Å². The van der Waals surface area contributed by atoms with Gasteiger partial charge in [-0.3, -0.25) is 4.79 Å². The number of carbonyl (C=O) groups excluding carboxylic acids is 1. The summed E-state index contributed by atoms with van der Waals surface area (Å²) in [5.74, 6) is 1.91. The maximum atomic E-state index is 11.7. The molecule has 0 aliphatic carbocycles. The van der Waals surface area contributed by atoms with E-state index in [-0.39, 0.29) is 5.91 Å². The van der Waals surface area contributed by atoms with E-state index in [0.29, 0.717) is 17.4 Å². The fourth-order valence-electron chi connectivity index (χ4n) is 1.81. The van der Waals surface area contributed by atoms with Gasteiger partial charge < -0.3 is 10.1 Å². The summed E-state index contributed by atoms with van der Waals surface area (Å²) in [6, 6.07) is 14.9. The van der Waals surface area contributed by atoms with Gasteiger partial charge in [0.05, 0.1) is 5.75 Å². The van der Waals surface area contributed by atoms with E-state index in [4.69, 9.17) is 16.3 Å². The van der Waals surface area contributed by atoms with Gasteiger partial charge in [-0.25, -0.2) is 0 Å². The third kappa shape index (κ3) is 6.38. The molecule has 23 heavy (non-hydrogen) atoms. The average molecular weight is 348 g/mol. The van der Waals surface area contributed by atoms with Gasteiger partial charge in [0.25, 0.3) is 0 Å². The molecule has 0 fully saturated rings. The van der Waals surface area contributed by atoms with E-state index in [1.54, 1.807) is 6.08 Å². The lowest BCUT2D eigenvalue weighted by atomic mass is 10.2. The SMILES string of the molecule is C=CCSCC(=O)Nc1ccc(OCc2ccc(Cl)cc2)cc1. The van der Waals surface area contributed by atoms with Crippen molar-refractivity contribution in [3.8, 4) is 5.75 Å². The second kappa shape index (κ2) is 9.28. The Labute approximate surface area is 145 Å². The van der Waals surface area contributed by atoms with Crippen molar-refractivity contribution in [3.05, 3.63) is 71.8 Å². The van der Waals surface area contributed by atoms with Crippen molar-refractivity contribution in [1.82, 2.24) is 0 Å². The highest BCUT2D eigenvalue weighted by Gasteiger charge is 2.02. The Bertz CT molecular complexity index is 641. The largest absolute Gasteiger partial charge is 0.489 e. The number of ether oxygens (including phenoxy) is 1. The van der Waals surface area contributed by atoms with Crippen LogP contribution in [0.3, 0.4) is 0 Å². The standard InChI is InChI=1S/C18H18ClNO2S/c1-2-11-23-13-18(21)20-16-7-9-17(10-8-16)22-12-14-3-5-15(19)6-4-14/h2-10H,1,11-13H2,(H,20,21). The summed E-state index contributed by atoms with van der Waals surface area (Å²) in [4.78, 5) is 11.7. The maximum Gasteiger partial charge on any atom is 0.234 e. The Hall–Kier alpha value is -1.91. The van der Waals surface area contributed by atoms with Crippen LogP contribution in [0, 0.1) is 0 Å². The molecule has 3 nitrogen and oxygen atoms in total. The van der Waals surface area contributed by atoms with E-state index in [1.165, 1.54) is 11.8 Å². The summed E-state index contributed by atoms with van der Waals surface area (Å²) in [6.45, 7) is 4.10. The number of nitrogens with one attached hydrogen (secondary N) is 1. The lowest BCUT2D eigenvalue weighted by Crippen LogP contribution is -2.14. The van der Waals surface area contributed by atoms with Crippen LogP contribution in [0.25, 0.3) is 0 Å². The molecule has 2 aromatic rings. The summed E-state index contributed by atoms with van der Waals surface area (Å²) in [5, 5.41) is 3.55. The van der Waals surface area contributed by atoms with Gasteiger partial charge in [0.15, 0.2) is 0 Å². The third-order valence-corrected chi connectivity index (χ3v) is 4.12. The fraction of sp³-hybridized carbons (Fsp3) is 0.167. The van der Waals surface area contributed by atoms with Gasteiger partial charge in [0.2, 0.25) is 5.91 Å². The predicted octanol–water partition coefficient (Wildman–Crippen LogP) is 4.78. The lowest BCUT2D eigenvalue weighted by Gasteiger charge is -2.08. The first kappa shape index (κ1) is 17.4. The zero-order valence-corrected chi connectivity index (χ0v) is 14.2. The molecule has 0 aliphatic rings. The van der Waals surface area contributed by atoms with Gasteiger partial charge in [-0.1, -0.05) is 29.8 Å². The van der Waals surface area contributed by atoms with Crippen molar-refractivity contribution in [3.63, 3.8) is 0 Å². The molecule has 5 heteroatoms. The third-order valence-electron chi connectivity index (χ3n) is 2.93. The van der Waals surface area contributed by atoms with Crippen LogP contribution in [0.15, 0.2) is 61.2 Å². The molecular weight excluding hydrogens is 330 g/mol. The number of anilines is 1. The first-order chi connectivity index (χ1) is 11.2. The minimum atomic E-state index is -0.0216. The van der Waals surface area contributed by atoms with E-state index in [0.717, 1.165) is 22.8 Å². The van der Waals surface area contributed by atoms with E-state index in [2.05, 4.69) is 11.9 Å². The van der Waals surface area contributed by atoms with Crippen LogP contribution in [0.4, 0.5) is 5.69 Å². The maximum absolute atomic E-state index is 11.7. The second-order valence-electron chi connectivity index (χ2n) is 4.79. The first-order valence-corrected chi connectivity index (χ1v) is 8.66. The Morgan fingerprint density at radius 3 is 2.52 bits per heavy atom. The molecule has 0 heterocycles. The number of hydrogen-bond acceptors (Lipinski definition) is 3. The molecule has 1 amide bonds. The van der Waals surface area contributed by atoms with Crippen molar-refractivity contribution >= 4 is 35.0 Å². The molecule has 2 rings (SSSR count). The van der Waals surface area contributed by atoms with Crippen molar-refractivity contribution in [2.24, 2.45) is 0 Å². The number of rotatable bonds is 8. The Kier molecular flexibility index (Phi) is 7.04. The molecule has 0 bridgehead atoms. The van der Waals surface area contributed by atoms with Gasteiger partial charge >= 0.3 is 0 Å².